The molecule has 0 radical (unpaired) electrons. The van der Waals surface area contributed by atoms with Gasteiger partial charge in [0.25, 0.3) is 0 Å². The van der Waals surface area contributed by atoms with Gasteiger partial charge in [-0.1, -0.05) is 24.3 Å². The van der Waals surface area contributed by atoms with Crippen molar-refractivity contribution in [2.75, 3.05) is 5.73 Å². The van der Waals surface area contributed by atoms with Crippen molar-refractivity contribution in [3.05, 3.63) is 48.7 Å². The number of carbonyl (C=O) groups is 1. The Balaban J connectivity index is 2.28. The van der Waals surface area contributed by atoms with Crippen LogP contribution in [0.2, 0.25) is 0 Å². The van der Waals surface area contributed by atoms with E-state index in [1.165, 1.54) is 0 Å². The molecule has 1 aromatic heterocycles. The molecule has 2 aromatic rings. The van der Waals surface area contributed by atoms with Crippen LogP contribution in [-0.4, -0.2) is 21.5 Å². The van der Waals surface area contributed by atoms with Gasteiger partial charge in [0.05, 0.1) is 23.6 Å². The third-order valence-corrected chi connectivity index (χ3v) is 3.62. The number of nitrogens with two attached hydrogens (primary N) is 1. The number of rotatable bonds is 5. The second kappa shape index (κ2) is 7.42. The molecule has 0 spiro atoms. The summed E-state index contributed by atoms with van der Waals surface area (Å²) in [6, 6.07) is 7.63. The minimum Gasteiger partial charge on any atom is -0.444 e. The van der Waals surface area contributed by atoms with Crippen molar-refractivity contribution in [3.63, 3.8) is 0 Å². The van der Waals surface area contributed by atoms with Gasteiger partial charge in [-0.2, -0.15) is 5.10 Å². The van der Waals surface area contributed by atoms with Gasteiger partial charge >= 0.3 is 6.09 Å². The predicted molar refractivity (Wildman–Crippen MR) is 100.0 cm³/mol. The molecule has 0 aliphatic carbocycles. The smallest absolute Gasteiger partial charge is 0.408 e. The van der Waals surface area contributed by atoms with Crippen LogP contribution in [0.1, 0.15) is 38.8 Å². The SMILES string of the molecule is C=CCC(NC(=O)OC(C)(C)C)c1cccc(-c2c(N)cnn2C)c1. The number of alkyl carbamates (subject to hydrolysis) is 1. The number of hydrogen-bond donors (Lipinski definition) is 2. The fourth-order valence-electron chi connectivity index (χ4n) is 2.61. The number of benzene rings is 1. The maximum absolute atomic E-state index is 12.1. The van der Waals surface area contributed by atoms with Gasteiger partial charge in [-0.25, -0.2) is 4.79 Å². The maximum Gasteiger partial charge on any atom is 0.408 e. The second-order valence-electron chi connectivity index (χ2n) is 6.92. The van der Waals surface area contributed by atoms with Gasteiger partial charge in [0, 0.05) is 12.6 Å². The van der Waals surface area contributed by atoms with Crippen LogP contribution >= 0.6 is 0 Å². The van der Waals surface area contributed by atoms with Gasteiger partial charge < -0.3 is 15.8 Å². The normalized spacial score (nSPS) is 12.5. The molecule has 6 heteroatoms. The highest BCUT2D eigenvalue weighted by Gasteiger charge is 2.20. The van der Waals surface area contributed by atoms with Crippen molar-refractivity contribution in [1.29, 1.82) is 0 Å². The first-order valence-corrected chi connectivity index (χ1v) is 8.19. The van der Waals surface area contributed by atoms with Crippen molar-refractivity contribution in [1.82, 2.24) is 15.1 Å². The molecule has 0 fully saturated rings. The summed E-state index contributed by atoms with van der Waals surface area (Å²) < 4.78 is 7.09. The quantitative estimate of drug-likeness (QED) is 0.810. The lowest BCUT2D eigenvalue weighted by Crippen LogP contribution is -2.34. The molecule has 1 heterocycles. The van der Waals surface area contributed by atoms with Gasteiger partial charge in [0.1, 0.15) is 5.60 Å². The van der Waals surface area contributed by atoms with Gasteiger partial charge in [-0.3, -0.25) is 4.68 Å². The van der Waals surface area contributed by atoms with Crippen LogP contribution in [-0.2, 0) is 11.8 Å². The second-order valence-corrected chi connectivity index (χ2v) is 6.92. The zero-order valence-corrected chi connectivity index (χ0v) is 15.2. The van der Waals surface area contributed by atoms with Crippen molar-refractivity contribution in [2.24, 2.45) is 7.05 Å². The predicted octanol–water partition coefficient (Wildman–Crippen LogP) is 3.81. The molecule has 134 valence electrons. The first-order chi connectivity index (χ1) is 11.7. The topological polar surface area (TPSA) is 82.2 Å². The minimum absolute atomic E-state index is 0.234. The molecule has 3 N–H and O–H groups in total. The molecular weight excluding hydrogens is 316 g/mol. The molecule has 25 heavy (non-hydrogen) atoms. The van der Waals surface area contributed by atoms with Crippen molar-refractivity contribution in [2.45, 2.75) is 38.8 Å². The highest BCUT2D eigenvalue weighted by molar-refractivity contribution is 5.73. The zero-order chi connectivity index (χ0) is 18.6. The Morgan fingerprint density at radius 3 is 2.76 bits per heavy atom. The van der Waals surface area contributed by atoms with E-state index in [9.17, 15) is 4.79 Å². The molecule has 6 nitrogen and oxygen atoms in total. The highest BCUT2D eigenvalue weighted by atomic mass is 16.6. The van der Waals surface area contributed by atoms with Crippen molar-refractivity contribution in [3.8, 4) is 11.3 Å². The fourth-order valence-corrected chi connectivity index (χ4v) is 2.61. The molecule has 0 aliphatic heterocycles. The first-order valence-electron chi connectivity index (χ1n) is 8.19. The van der Waals surface area contributed by atoms with Gasteiger partial charge in [0.15, 0.2) is 0 Å². The van der Waals surface area contributed by atoms with Crippen LogP contribution in [0.25, 0.3) is 11.3 Å². The fraction of sp³-hybridized carbons (Fsp3) is 0.368. The molecule has 0 saturated heterocycles. The summed E-state index contributed by atoms with van der Waals surface area (Å²) in [5.41, 5.74) is 8.81. The number of aromatic nitrogens is 2. The zero-order valence-electron chi connectivity index (χ0n) is 15.2. The number of anilines is 1. The van der Waals surface area contributed by atoms with Crippen LogP contribution in [0.5, 0.6) is 0 Å². The lowest BCUT2D eigenvalue weighted by Gasteiger charge is -2.23. The van der Waals surface area contributed by atoms with E-state index in [4.69, 9.17) is 10.5 Å². The number of hydrogen-bond acceptors (Lipinski definition) is 4. The third-order valence-electron chi connectivity index (χ3n) is 3.62. The average molecular weight is 342 g/mol. The highest BCUT2D eigenvalue weighted by Crippen LogP contribution is 2.28. The molecule has 1 aromatic carbocycles. The van der Waals surface area contributed by atoms with Gasteiger partial charge in [-0.05, 0) is 38.8 Å². The third kappa shape index (κ3) is 4.86. The number of nitrogens with one attached hydrogen (secondary N) is 1. The molecule has 2 rings (SSSR count). The van der Waals surface area contributed by atoms with E-state index in [1.807, 2.05) is 52.1 Å². The van der Waals surface area contributed by atoms with Crippen LogP contribution in [0.4, 0.5) is 10.5 Å². The van der Waals surface area contributed by atoms with E-state index < -0.39 is 11.7 Å². The molecule has 0 bridgehead atoms. The number of amides is 1. The summed E-state index contributed by atoms with van der Waals surface area (Å²) in [5, 5.41) is 7.08. The number of ether oxygens (including phenoxy) is 1. The Morgan fingerprint density at radius 1 is 1.48 bits per heavy atom. The molecule has 0 saturated carbocycles. The molecular formula is C19H26N4O2. The summed E-state index contributed by atoms with van der Waals surface area (Å²) in [7, 11) is 1.85. The lowest BCUT2D eigenvalue weighted by molar-refractivity contribution is 0.0504. The Morgan fingerprint density at radius 2 is 2.20 bits per heavy atom. The Kier molecular flexibility index (Phi) is 5.51. The Hall–Kier alpha value is -2.76. The average Bonchev–Trinajstić information content (AvgIpc) is 2.84. The van der Waals surface area contributed by atoms with Crippen LogP contribution in [0.15, 0.2) is 43.1 Å². The number of aryl methyl sites for hydroxylation is 1. The molecule has 1 amide bonds. The van der Waals surface area contributed by atoms with E-state index in [-0.39, 0.29) is 6.04 Å². The summed E-state index contributed by atoms with van der Waals surface area (Å²) in [6.45, 7) is 9.28. The van der Waals surface area contributed by atoms with E-state index >= 15 is 0 Å². The summed E-state index contributed by atoms with van der Waals surface area (Å²) >= 11 is 0. The Bertz CT molecular complexity index is 740. The standard InChI is InChI=1S/C19H26N4O2/c1-6-8-16(22-18(24)25-19(2,3)4)13-9-7-10-14(11-13)17-15(20)12-21-23(17)5/h6-7,9-12,16H,1,8,20H2,2-5H3,(H,22,24). The van der Waals surface area contributed by atoms with Crippen LogP contribution in [0, 0.1) is 0 Å². The number of nitrogen functional groups attached to an aromatic ring is 1. The lowest BCUT2D eigenvalue weighted by atomic mass is 9.99. The number of carbonyl (C=O) groups excluding carboxylic acids is 1. The molecule has 0 aliphatic rings. The monoisotopic (exact) mass is 342 g/mol. The van der Waals surface area contributed by atoms with Crippen molar-refractivity contribution >= 4 is 11.8 Å². The van der Waals surface area contributed by atoms with E-state index in [2.05, 4.69) is 17.0 Å². The first kappa shape index (κ1) is 18.6. The summed E-state index contributed by atoms with van der Waals surface area (Å²) in [6.07, 6.45) is 3.53. The van der Waals surface area contributed by atoms with Crippen LogP contribution < -0.4 is 11.1 Å². The molecule has 1 unspecified atom stereocenters. The van der Waals surface area contributed by atoms with Gasteiger partial charge in [-0.15, -0.1) is 6.58 Å². The van der Waals surface area contributed by atoms with E-state index in [1.54, 1.807) is 17.0 Å². The van der Waals surface area contributed by atoms with E-state index in [0.717, 1.165) is 16.8 Å². The van der Waals surface area contributed by atoms with Crippen LogP contribution in [0.3, 0.4) is 0 Å². The van der Waals surface area contributed by atoms with E-state index in [0.29, 0.717) is 12.1 Å². The number of nitrogens with zero attached hydrogens (tertiary/aromatic N) is 2. The summed E-state index contributed by atoms with van der Waals surface area (Å²) in [4.78, 5) is 12.1. The Labute approximate surface area is 148 Å². The van der Waals surface area contributed by atoms with Crippen molar-refractivity contribution < 1.29 is 9.53 Å². The molecule has 1 atom stereocenters. The summed E-state index contributed by atoms with van der Waals surface area (Å²) in [5.74, 6) is 0. The van der Waals surface area contributed by atoms with Gasteiger partial charge in [0.2, 0.25) is 0 Å². The maximum atomic E-state index is 12.1. The minimum atomic E-state index is -0.548. The largest absolute Gasteiger partial charge is 0.444 e.